The van der Waals surface area contributed by atoms with Crippen LogP contribution in [-0.2, 0) is 9.53 Å². The van der Waals surface area contributed by atoms with Crippen LogP contribution in [0.5, 0.6) is 0 Å². The molecule has 0 saturated heterocycles. The molecule has 0 unspecified atom stereocenters. The normalized spacial score (nSPS) is 11.2. The number of carbonyl (C=O) groups is 1. The maximum Gasteiger partial charge on any atom is 0.330 e. The van der Waals surface area contributed by atoms with Crippen molar-refractivity contribution in [1.29, 1.82) is 0 Å². The van der Waals surface area contributed by atoms with Crippen LogP contribution >= 0.6 is 15.9 Å². The van der Waals surface area contributed by atoms with Crippen LogP contribution in [0.2, 0.25) is 0 Å². The topological polar surface area (TPSA) is 26.3 Å². The molecule has 0 aromatic heterocycles. The third kappa shape index (κ3) is 4.21. The van der Waals surface area contributed by atoms with Crippen molar-refractivity contribution in [3.63, 3.8) is 0 Å². The Morgan fingerprint density at radius 3 is 2.67 bits per heavy atom. The van der Waals surface area contributed by atoms with E-state index in [1.807, 2.05) is 6.92 Å². The molecular weight excluding hydrogens is 184 g/mol. The minimum Gasteiger partial charge on any atom is -0.466 e. The number of ether oxygens (including phenoxy) is 1. The fraction of sp³-hybridized carbons (Fsp3) is 0.500. The molecule has 9 heavy (non-hydrogen) atoms. The molecule has 0 rings (SSSR count). The first-order chi connectivity index (χ1) is 4.20. The molecule has 0 aromatic carbocycles. The predicted molar refractivity (Wildman–Crippen MR) is 39.6 cm³/mol. The van der Waals surface area contributed by atoms with E-state index in [-0.39, 0.29) is 5.97 Å². The van der Waals surface area contributed by atoms with Crippen LogP contribution < -0.4 is 0 Å². The molecular formula is C6H9BrO2. The van der Waals surface area contributed by atoms with E-state index in [9.17, 15) is 4.79 Å². The molecule has 0 aromatic rings. The number of alkyl halides is 1. The molecule has 0 aliphatic heterocycles. The zero-order chi connectivity index (χ0) is 7.28. The number of methoxy groups -OCH3 is 1. The van der Waals surface area contributed by atoms with E-state index >= 15 is 0 Å². The lowest BCUT2D eigenvalue weighted by Gasteiger charge is -1.92. The second kappa shape index (κ2) is 4.56. The van der Waals surface area contributed by atoms with Gasteiger partial charge in [0, 0.05) is 11.4 Å². The minimum atomic E-state index is -0.299. The van der Waals surface area contributed by atoms with Crippen molar-refractivity contribution >= 4 is 21.9 Å². The summed E-state index contributed by atoms with van der Waals surface area (Å²) in [4.78, 5) is 10.5. The molecule has 0 fully saturated rings. The Morgan fingerprint density at radius 1 is 1.78 bits per heavy atom. The zero-order valence-electron chi connectivity index (χ0n) is 5.48. The molecule has 0 radical (unpaired) electrons. The highest BCUT2D eigenvalue weighted by atomic mass is 79.9. The fourth-order valence-corrected chi connectivity index (χ4v) is 0.461. The summed E-state index contributed by atoms with van der Waals surface area (Å²) >= 11 is 3.20. The molecule has 0 saturated carbocycles. The second-order valence-corrected chi connectivity index (χ2v) is 2.21. The Hall–Kier alpha value is -0.310. The van der Waals surface area contributed by atoms with Crippen LogP contribution in [0, 0.1) is 0 Å². The standard InChI is InChI=1S/C6H9BrO2/c1-5(4-7)3-6(8)9-2/h3H,4H2,1-2H3/b5-3+. The molecule has 0 aliphatic carbocycles. The van der Waals surface area contributed by atoms with Gasteiger partial charge < -0.3 is 4.74 Å². The van der Waals surface area contributed by atoms with Gasteiger partial charge in [0.1, 0.15) is 0 Å². The van der Waals surface area contributed by atoms with Crippen LogP contribution in [0.15, 0.2) is 11.6 Å². The summed E-state index contributed by atoms with van der Waals surface area (Å²) in [7, 11) is 1.36. The monoisotopic (exact) mass is 192 g/mol. The number of halogens is 1. The number of esters is 1. The van der Waals surface area contributed by atoms with Crippen molar-refractivity contribution in [3.05, 3.63) is 11.6 Å². The average Bonchev–Trinajstić information content (AvgIpc) is 1.87. The lowest BCUT2D eigenvalue weighted by atomic mass is 10.3. The first-order valence-electron chi connectivity index (χ1n) is 2.51. The second-order valence-electron chi connectivity index (χ2n) is 1.65. The van der Waals surface area contributed by atoms with Crippen molar-refractivity contribution in [2.24, 2.45) is 0 Å². The zero-order valence-corrected chi connectivity index (χ0v) is 7.06. The van der Waals surface area contributed by atoms with E-state index in [1.54, 1.807) is 0 Å². The molecule has 0 spiro atoms. The van der Waals surface area contributed by atoms with Gasteiger partial charge in [-0.25, -0.2) is 4.79 Å². The smallest absolute Gasteiger partial charge is 0.330 e. The molecule has 0 heterocycles. The van der Waals surface area contributed by atoms with Crippen LogP contribution in [0.4, 0.5) is 0 Å². The van der Waals surface area contributed by atoms with Gasteiger partial charge in [-0.1, -0.05) is 21.5 Å². The third-order valence-corrected chi connectivity index (χ3v) is 1.66. The average molecular weight is 193 g/mol. The SMILES string of the molecule is COC(=O)/C=C(\C)CBr. The van der Waals surface area contributed by atoms with Gasteiger partial charge in [0.05, 0.1) is 7.11 Å². The van der Waals surface area contributed by atoms with E-state index in [4.69, 9.17) is 0 Å². The molecule has 0 bridgehead atoms. The predicted octanol–water partition coefficient (Wildman–Crippen LogP) is 1.50. The van der Waals surface area contributed by atoms with Gasteiger partial charge in [-0.3, -0.25) is 0 Å². The maximum absolute atomic E-state index is 10.5. The van der Waals surface area contributed by atoms with E-state index < -0.39 is 0 Å². The maximum atomic E-state index is 10.5. The number of carbonyl (C=O) groups excluding carboxylic acids is 1. The van der Waals surface area contributed by atoms with Crippen LogP contribution in [0.25, 0.3) is 0 Å². The van der Waals surface area contributed by atoms with Crippen molar-refractivity contribution in [2.45, 2.75) is 6.92 Å². The first-order valence-corrected chi connectivity index (χ1v) is 3.64. The molecule has 52 valence electrons. The Bertz CT molecular complexity index is 129. The van der Waals surface area contributed by atoms with E-state index in [0.29, 0.717) is 5.33 Å². The number of hydrogen-bond acceptors (Lipinski definition) is 2. The summed E-state index contributed by atoms with van der Waals surface area (Å²) < 4.78 is 4.39. The summed E-state index contributed by atoms with van der Waals surface area (Å²) in [6, 6.07) is 0. The molecule has 2 nitrogen and oxygen atoms in total. The van der Waals surface area contributed by atoms with Gasteiger partial charge in [-0.15, -0.1) is 0 Å². The summed E-state index contributed by atoms with van der Waals surface area (Å²) in [5.41, 5.74) is 0.960. The number of hydrogen-bond donors (Lipinski definition) is 0. The number of rotatable bonds is 2. The Kier molecular flexibility index (Phi) is 4.40. The minimum absolute atomic E-state index is 0.299. The van der Waals surface area contributed by atoms with Crippen molar-refractivity contribution in [1.82, 2.24) is 0 Å². The summed E-state index contributed by atoms with van der Waals surface area (Å²) in [6.45, 7) is 1.85. The highest BCUT2D eigenvalue weighted by Crippen LogP contribution is 1.96. The highest BCUT2D eigenvalue weighted by Gasteiger charge is 1.92. The summed E-state index contributed by atoms with van der Waals surface area (Å²) in [5.74, 6) is -0.299. The van der Waals surface area contributed by atoms with Crippen LogP contribution in [-0.4, -0.2) is 18.4 Å². The Balaban J connectivity index is 3.79. The van der Waals surface area contributed by atoms with Crippen LogP contribution in [0.1, 0.15) is 6.92 Å². The van der Waals surface area contributed by atoms with E-state index in [2.05, 4.69) is 20.7 Å². The molecule has 0 amide bonds. The van der Waals surface area contributed by atoms with E-state index in [0.717, 1.165) is 5.57 Å². The largest absolute Gasteiger partial charge is 0.466 e. The van der Waals surface area contributed by atoms with Crippen LogP contribution in [0.3, 0.4) is 0 Å². The van der Waals surface area contributed by atoms with Gasteiger partial charge in [0.2, 0.25) is 0 Å². The van der Waals surface area contributed by atoms with Gasteiger partial charge in [-0.05, 0) is 6.92 Å². The fourth-order valence-electron chi connectivity index (χ4n) is 0.299. The summed E-state index contributed by atoms with van der Waals surface area (Å²) in [6.07, 6.45) is 1.45. The van der Waals surface area contributed by atoms with Gasteiger partial charge in [-0.2, -0.15) is 0 Å². The van der Waals surface area contributed by atoms with Gasteiger partial charge in [0.15, 0.2) is 0 Å². The first kappa shape index (κ1) is 8.69. The van der Waals surface area contributed by atoms with Crippen molar-refractivity contribution in [2.75, 3.05) is 12.4 Å². The third-order valence-electron chi connectivity index (χ3n) is 0.776. The Labute approximate surface area is 63.0 Å². The summed E-state index contributed by atoms with van der Waals surface area (Å²) in [5, 5.41) is 0.710. The van der Waals surface area contributed by atoms with Gasteiger partial charge in [0.25, 0.3) is 0 Å². The van der Waals surface area contributed by atoms with E-state index in [1.165, 1.54) is 13.2 Å². The quantitative estimate of drug-likeness (QED) is 0.377. The molecule has 3 heteroatoms. The lowest BCUT2D eigenvalue weighted by Crippen LogP contribution is -1.95. The van der Waals surface area contributed by atoms with Crippen molar-refractivity contribution < 1.29 is 9.53 Å². The molecule has 0 N–H and O–H groups in total. The molecule has 0 atom stereocenters. The van der Waals surface area contributed by atoms with Crippen molar-refractivity contribution in [3.8, 4) is 0 Å². The highest BCUT2D eigenvalue weighted by molar-refractivity contribution is 9.09. The number of allylic oxidation sites excluding steroid dienone is 1. The lowest BCUT2D eigenvalue weighted by molar-refractivity contribution is -0.134. The van der Waals surface area contributed by atoms with Gasteiger partial charge >= 0.3 is 5.97 Å². The molecule has 0 aliphatic rings. The Morgan fingerprint density at radius 2 is 2.33 bits per heavy atom.